The van der Waals surface area contributed by atoms with Crippen molar-refractivity contribution in [2.45, 2.75) is 33.1 Å². The van der Waals surface area contributed by atoms with Crippen LogP contribution in [0.5, 0.6) is 0 Å². The summed E-state index contributed by atoms with van der Waals surface area (Å²) < 4.78 is 0. The van der Waals surface area contributed by atoms with Crippen LogP contribution in [0.3, 0.4) is 0 Å². The minimum absolute atomic E-state index is 0.488. The SMILES string of the molecule is Cc1cccc(/C=N/Nc2nc(C)nc(N3CCCCC3)n2)c1. The zero-order valence-corrected chi connectivity index (χ0v) is 13.7. The minimum Gasteiger partial charge on any atom is -0.341 e. The molecular weight excluding hydrogens is 288 g/mol. The molecule has 6 nitrogen and oxygen atoms in total. The second-order valence-corrected chi connectivity index (χ2v) is 5.84. The Kier molecular flexibility index (Phi) is 4.80. The first-order chi connectivity index (χ1) is 11.2. The van der Waals surface area contributed by atoms with Gasteiger partial charge in [0.05, 0.1) is 6.21 Å². The summed E-state index contributed by atoms with van der Waals surface area (Å²) in [5.41, 5.74) is 5.16. The molecule has 1 saturated heterocycles. The molecule has 0 bridgehead atoms. The summed E-state index contributed by atoms with van der Waals surface area (Å²) in [5.74, 6) is 1.93. The highest BCUT2D eigenvalue weighted by molar-refractivity contribution is 5.80. The molecular formula is C17H22N6. The van der Waals surface area contributed by atoms with Gasteiger partial charge < -0.3 is 4.90 Å². The summed E-state index contributed by atoms with van der Waals surface area (Å²) in [4.78, 5) is 15.5. The van der Waals surface area contributed by atoms with Gasteiger partial charge in [0.1, 0.15) is 5.82 Å². The highest BCUT2D eigenvalue weighted by Gasteiger charge is 2.15. The Bertz CT molecular complexity index is 691. The van der Waals surface area contributed by atoms with E-state index in [0.717, 1.165) is 24.6 Å². The fourth-order valence-corrected chi connectivity index (χ4v) is 2.67. The van der Waals surface area contributed by atoms with E-state index in [1.54, 1.807) is 6.21 Å². The molecule has 0 aliphatic carbocycles. The number of benzene rings is 1. The monoisotopic (exact) mass is 310 g/mol. The number of rotatable bonds is 4. The Morgan fingerprint density at radius 1 is 1.09 bits per heavy atom. The van der Waals surface area contributed by atoms with Crippen molar-refractivity contribution in [3.63, 3.8) is 0 Å². The van der Waals surface area contributed by atoms with E-state index in [1.165, 1.54) is 24.8 Å². The number of nitrogens with one attached hydrogen (secondary N) is 1. The third-order valence-electron chi connectivity index (χ3n) is 3.79. The van der Waals surface area contributed by atoms with Crippen molar-refractivity contribution in [2.75, 3.05) is 23.4 Å². The highest BCUT2D eigenvalue weighted by atomic mass is 15.4. The largest absolute Gasteiger partial charge is 0.341 e. The van der Waals surface area contributed by atoms with Gasteiger partial charge in [-0.1, -0.05) is 29.8 Å². The maximum absolute atomic E-state index is 4.48. The van der Waals surface area contributed by atoms with Crippen LogP contribution in [0.1, 0.15) is 36.2 Å². The number of hydrogen-bond donors (Lipinski definition) is 1. The molecule has 23 heavy (non-hydrogen) atoms. The summed E-state index contributed by atoms with van der Waals surface area (Å²) in [5, 5.41) is 4.23. The van der Waals surface area contributed by atoms with Gasteiger partial charge in [0.2, 0.25) is 11.9 Å². The van der Waals surface area contributed by atoms with E-state index in [2.05, 4.69) is 49.4 Å². The minimum atomic E-state index is 0.488. The number of aromatic nitrogens is 3. The molecule has 0 atom stereocenters. The van der Waals surface area contributed by atoms with Crippen LogP contribution in [0, 0.1) is 13.8 Å². The number of anilines is 2. The molecule has 1 aromatic heterocycles. The van der Waals surface area contributed by atoms with Crippen molar-refractivity contribution in [3.8, 4) is 0 Å². The van der Waals surface area contributed by atoms with E-state index in [1.807, 2.05) is 19.1 Å². The van der Waals surface area contributed by atoms with E-state index in [-0.39, 0.29) is 0 Å². The third-order valence-corrected chi connectivity index (χ3v) is 3.79. The molecule has 2 aromatic rings. The van der Waals surface area contributed by atoms with Gasteiger partial charge in [-0.25, -0.2) is 5.43 Å². The fraction of sp³-hybridized carbons (Fsp3) is 0.412. The Balaban J connectivity index is 1.71. The number of hydrazone groups is 1. The fourth-order valence-electron chi connectivity index (χ4n) is 2.67. The smallest absolute Gasteiger partial charge is 0.248 e. The van der Waals surface area contributed by atoms with Crippen LogP contribution in [-0.4, -0.2) is 34.3 Å². The highest BCUT2D eigenvalue weighted by Crippen LogP contribution is 2.16. The first kappa shape index (κ1) is 15.4. The Labute approximate surface area is 136 Å². The van der Waals surface area contributed by atoms with E-state index >= 15 is 0 Å². The van der Waals surface area contributed by atoms with E-state index in [4.69, 9.17) is 0 Å². The Hall–Kier alpha value is -2.50. The second-order valence-electron chi connectivity index (χ2n) is 5.84. The van der Waals surface area contributed by atoms with Gasteiger partial charge in [0, 0.05) is 13.1 Å². The summed E-state index contributed by atoms with van der Waals surface area (Å²) in [6.45, 7) is 5.96. The van der Waals surface area contributed by atoms with Crippen LogP contribution in [0.2, 0.25) is 0 Å². The molecule has 0 unspecified atom stereocenters. The molecule has 1 aliphatic rings. The summed E-state index contributed by atoms with van der Waals surface area (Å²) in [6, 6.07) is 8.15. The van der Waals surface area contributed by atoms with Crippen LogP contribution < -0.4 is 10.3 Å². The zero-order chi connectivity index (χ0) is 16.1. The van der Waals surface area contributed by atoms with Crippen molar-refractivity contribution in [1.82, 2.24) is 15.0 Å². The molecule has 2 heterocycles. The van der Waals surface area contributed by atoms with Crippen LogP contribution in [0.4, 0.5) is 11.9 Å². The molecule has 3 rings (SSSR count). The first-order valence-corrected chi connectivity index (χ1v) is 8.04. The molecule has 0 spiro atoms. The van der Waals surface area contributed by atoms with Crippen molar-refractivity contribution in [1.29, 1.82) is 0 Å². The van der Waals surface area contributed by atoms with E-state index in [9.17, 15) is 0 Å². The van der Waals surface area contributed by atoms with Crippen molar-refractivity contribution in [2.24, 2.45) is 5.10 Å². The number of piperidine rings is 1. The second kappa shape index (κ2) is 7.17. The topological polar surface area (TPSA) is 66.3 Å². The molecule has 1 N–H and O–H groups in total. The molecule has 0 saturated carbocycles. The average molecular weight is 310 g/mol. The molecule has 0 amide bonds. The van der Waals surface area contributed by atoms with Crippen LogP contribution in [0.15, 0.2) is 29.4 Å². The van der Waals surface area contributed by atoms with Crippen molar-refractivity contribution >= 4 is 18.1 Å². The first-order valence-electron chi connectivity index (χ1n) is 8.04. The zero-order valence-electron chi connectivity index (χ0n) is 13.7. The van der Waals surface area contributed by atoms with Crippen molar-refractivity contribution in [3.05, 3.63) is 41.2 Å². The number of aryl methyl sites for hydroxylation is 2. The predicted molar refractivity (Wildman–Crippen MR) is 93.0 cm³/mol. The van der Waals surface area contributed by atoms with Gasteiger partial charge in [0.25, 0.3) is 0 Å². The molecule has 6 heteroatoms. The summed E-state index contributed by atoms with van der Waals surface area (Å²) >= 11 is 0. The normalized spacial score (nSPS) is 15.1. The lowest BCUT2D eigenvalue weighted by Gasteiger charge is -2.26. The lowest BCUT2D eigenvalue weighted by molar-refractivity contribution is 0.566. The molecule has 0 radical (unpaired) electrons. The maximum Gasteiger partial charge on any atom is 0.248 e. The van der Waals surface area contributed by atoms with Gasteiger partial charge in [-0.05, 0) is 38.7 Å². The van der Waals surface area contributed by atoms with Crippen LogP contribution >= 0.6 is 0 Å². The molecule has 1 fully saturated rings. The number of nitrogens with zero attached hydrogens (tertiary/aromatic N) is 5. The van der Waals surface area contributed by atoms with Gasteiger partial charge in [-0.3, -0.25) is 0 Å². The summed E-state index contributed by atoms with van der Waals surface area (Å²) in [7, 11) is 0. The molecule has 1 aromatic carbocycles. The van der Waals surface area contributed by atoms with Gasteiger partial charge in [0.15, 0.2) is 0 Å². The number of hydrogen-bond acceptors (Lipinski definition) is 6. The average Bonchev–Trinajstić information content (AvgIpc) is 2.55. The summed E-state index contributed by atoms with van der Waals surface area (Å²) in [6.07, 6.45) is 5.44. The van der Waals surface area contributed by atoms with Crippen molar-refractivity contribution < 1.29 is 0 Å². The van der Waals surface area contributed by atoms with Gasteiger partial charge in [-0.15, -0.1) is 0 Å². The van der Waals surface area contributed by atoms with Crippen LogP contribution in [-0.2, 0) is 0 Å². The Morgan fingerprint density at radius 3 is 2.70 bits per heavy atom. The van der Waals surface area contributed by atoms with E-state index < -0.39 is 0 Å². The third kappa shape index (κ3) is 4.25. The van der Waals surface area contributed by atoms with Crippen LogP contribution in [0.25, 0.3) is 0 Å². The van der Waals surface area contributed by atoms with Gasteiger partial charge >= 0.3 is 0 Å². The predicted octanol–water partition coefficient (Wildman–Crippen LogP) is 2.92. The van der Waals surface area contributed by atoms with E-state index in [0.29, 0.717) is 11.8 Å². The Morgan fingerprint density at radius 2 is 1.91 bits per heavy atom. The van der Waals surface area contributed by atoms with Gasteiger partial charge in [-0.2, -0.15) is 20.1 Å². The molecule has 1 aliphatic heterocycles. The standard InChI is InChI=1S/C17H22N6/c1-13-7-6-8-15(11-13)12-18-22-16-19-14(2)20-17(21-16)23-9-4-3-5-10-23/h6-8,11-12H,3-5,9-10H2,1-2H3,(H,19,20,21,22)/b18-12+. The quantitative estimate of drug-likeness (QED) is 0.695. The molecule has 120 valence electrons. The lowest BCUT2D eigenvalue weighted by atomic mass is 10.1. The lowest BCUT2D eigenvalue weighted by Crippen LogP contribution is -2.31. The maximum atomic E-state index is 4.48.